The first kappa shape index (κ1) is 37.9. The van der Waals surface area contributed by atoms with Gasteiger partial charge in [0, 0.05) is 18.4 Å². The highest BCUT2D eigenvalue weighted by molar-refractivity contribution is 6.47. The molecule has 54 heavy (non-hydrogen) atoms. The molecular weight excluding hydrogens is 702 g/mol. The van der Waals surface area contributed by atoms with E-state index in [2.05, 4.69) is 41.7 Å². The molecule has 3 saturated carbocycles. The Morgan fingerprint density at radius 2 is 1.85 bits per heavy atom. The van der Waals surface area contributed by atoms with Crippen LogP contribution in [-0.4, -0.2) is 53.2 Å². The number of methoxy groups -OCH3 is 1. The maximum absolute atomic E-state index is 14.4. The first-order valence-corrected chi connectivity index (χ1v) is 18.6. The first-order valence-electron chi connectivity index (χ1n) is 18.6. The van der Waals surface area contributed by atoms with E-state index >= 15 is 0 Å². The molecule has 7 atom stereocenters. The van der Waals surface area contributed by atoms with Gasteiger partial charge in [0.1, 0.15) is 23.3 Å². The van der Waals surface area contributed by atoms with Crippen molar-refractivity contribution in [1.82, 2.24) is 14.9 Å². The van der Waals surface area contributed by atoms with Gasteiger partial charge in [-0.25, -0.2) is 4.98 Å². The Balaban J connectivity index is 1.15. The van der Waals surface area contributed by atoms with E-state index < -0.39 is 53.3 Å². The van der Waals surface area contributed by atoms with E-state index in [0.717, 1.165) is 25.0 Å². The van der Waals surface area contributed by atoms with Crippen molar-refractivity contribution in [1.29, 1.82) is 0 Å². The number of amides is 2. The van der Waals surface area contributed by atoms with Gasteiger partial charge < -0.3 is 30.0 Å². The summed E-state index contributed by atoms with van der Waals surface area (Å²) in [6.07, 6.45) is -0.847. The smallest absolute Gasteiger partial charge is 0.481 e. The van der Waals surface area contributed by atoms with Crippen molar-refractivity contribution < 1.29 is 36.8 Å². The highest BCUT2D eigenvalue weighted by Gasteiger charge is 2.68. The fraction of sp³-hybridized carbons (Fsp3) is 0.538. The van der Waals surface area contributed by atoms with Crippen LogP contribution in [0, 0.1) is 17.3 Å². The van der Waals surface area contributed by atoms with Crippen molar-refractivity contribution in [3.8, 4) is 5.75 Å². The van der Waals surface area contributed by atoms with Crippen LogP contribution in [0.2, 0.25) is 0 Å². The van der Waals surface area contributed by atoms with Crippen LogP contribution in [0.3, 0.4) is 0 Å². The zero-order chi connectivity index (χ0) is 38.8. The molecule has 3 aliphatic carbocycles. The standard InChI is InChI=1S/C39H47BF3N5O6/c1-7-31(40-53-30-17-24-16-29(36(24,2)3)38(30,5)54-40)47-33(50)27-18-37(4,19-32(49)46-25-13-8-9-14-28(25)52-6)35-45-21-26(34(51)48(27)35)44-20-22-11-10-12-23(15-22)39(41,42)43/h8-15,21,24,27,29-31,44H,7,16-20H2,1-6H3,(H,46,49)(H,47,50)/t24-,27-,29-,30+,31-,37-,38-/m0/s1. The Bertz CT molecular complexity index is 2010. The lowest BCUT2D eigenvalue weighted by Crippen LogP contribution is -2.65. The molecule has 2 bridgehead atoms. The Morgan fingerprint density at radius 3 is 2.56 bits per heavy atom. The van der Waals surface area contributed by atoms with Gasteiger partial charge >= 0.3 is 13.3 Å². The van der Waals surface area contributed by atoms with Crippen LogP contribution >= 0.6 is 0 Å². The molecule has 0 spiro atoms. The summed E-state index contributed by atoms with van der Waals surface area (Å²) in [6.45, 7) is 10.3. The van der Waals surface area contributed by atoms with Gasteiger partial charge in [0.25, 0.3) is 5.56 Å². The molecule has 5 aliphatic rings. The maximum atomic E-state index is 14.4. The van der Waals surface area contributed by atoms with E-state index in [4.69, 9.17) is 14.0 Å². The van der Waals surface area contributed by atoms with Gasteiger partial charge in [-0.05, 0) is 79.7 Å². The predicted molar refractivity (Wildman–Crippen MR) is 197 cm³/mol. The van der Waals surface area contributed by atoms with Gasteiger partial charge in [0.2, 0.25) is 11.8 Å². The van der Waals surface area contributed by atoms with Crippen LogP contribution < -0.4 is 26.2 Å². The van der Waals surface area contributed by atoms with Gasteiger partial charge in [0.15, 0.2) is 0 Å². The molecule has 288 valence electrons. The fourth-order valence-corrected chi connectivity index (χ4v) is 9.36. The van der Waals surface area contributed by atoms with Crippen molar-refractivity contribution in [2.45, 2.75) is 109 Å². The molecule has 8 rings (SSSR count). The SMILES string of the molecule is CC[C@H](NC(=O)[C@@H]1C[C@@](C)(CC(=O)Nc2ccccc2OC)c2ncc(NCc3cccc(C(F)(F)F)c3)c(=O)n21)B1O[C@@H]2C[C@@H]3C[C@@H](C3(C)C)[C@]2(C)O1. The lowest BCUT2D eigenvalue weighted by molar-refractivity contribution is -0.199. The van der Waals surface area contributed by atoms with E-state index in [1.165, 1.54) is 30.0 Å². The van der Waals surface area contributed by atoms with Crippen molar-refractivity contribution in [2.75, 3.05) is 17.7 Å². The topological polar surface area (TPSA) is 133 Å². The summed E-state index contributed by atoms with van der Waals surface area (Å²) >= 11 is 0. The number of alkyl halides is 3. The monoisotopic (exact) mass is 749 g/mol. The zero-order valence-corrected chi connectivity index (χ0v) is 31.4. The Hall–Kier alpha value is -4.37. The summed E-state index contributed by atoms with van der Waals surface area (Å²) in [5.74, 6) is 0.274. The average molecular weight is 750 g/mol. The number of ether oxygens (including phenoxy) is 1. The normalized spacial score (nSPS) is 28.4. The van der Waals surface area contributed by atoms with Crippen LogP contribution in [0.15, 0.2) is 59.5 Å². The summed E-state index contributed by atoms with van der Waals surface area (Å²) in [4.78, 5) is 46.8. The van der Waals surface area contributed by atoms with Crippen molar-refractivity contribution in [2.24, 2.45) is 17.3 Å². The Labute approximate surface area is 312 Å². The minimum Gasteiger partial charge on any atom is -0.495 e. The minimum atomic E-state index is -4.52. The average Bonchev–Trinajstić information content (AvgIpc) is 3.64. The summed E-state index contributed by atoms with van der Waals surface area (Å²) in [5.41, 5.74) is -1.99. The van der Waals surface area contributed by atoms with Crippen LogP contribution in [0.5, 0.6) is 5.75 Å². The zero-order valence-electron chi connectivity index (χ0n) is 31.4. The number of anilines is 2. The number of benzene rings is 2. The van der Waals surface area contributed by atoms with E-state index in [1.54, 1.807) is 31.2 Å². The number of hydrogen-bond donors (Lipinski definition) is 3. The minimum absolute atomic E-state index is 0.00443. The summed E-state index contributed by atoms with van der Waals surface area (Å²) in [5, 5.41) is 8.93. The molecule has 4 fully saturated rings. The predicted octanol–water partition coefficient (Wildman–Crippen LogP) is 6.28. The summed E-state index contributed by atoms with van der Waals surface area (Å²) < 4.78 is 60.0. The molecule has 2 aromatic carbocycles. The molecular formula is C39H47BF3N5O6. The maximum Gasteiger partial charge on any atom is 0.481 e. The second-order valence-corrected chi connectivity index (χ2v) is 16.3. The molecule has 3 aromatic rings. The van der Waals surface area contributed by atoms with Crippen molar-refractivity contribution in [3.05, 3.63) is 82.0 Å². The van der Waals surface area contributed by atoms with Crippen LogP contribution in [0.25, 0.3) is 0 Å². The number of nitrogens with zero attached hydrogens (tertiary/aromatic N) is 2. The molecule has 11 nitrogen and oxygen atoms in total. The van der Waals surface area contributed by atoms with Gasteiger partial charge in [-0.15, -0.1) is 0 Å². The number of carbonyl (C=O) groups is 2. The number of nitrogens with one attached hydrogen (secondary N) is 3. The number of halogens is 3. The highest BCUT2D eigenvalue weighted by Crippen LogP contribution is 2.65. The Morgan fingerprint density at radius 1 is 1.09 bits per heavy atom. The first-order chi connectivity index (χ1) is 25.5. The molecule has 0 unspecified atom stereocenters. The molecule has 3 N–H and O–H groups in total. The summed E-state index contributed by atoms with van der Waals surface area (Å²) in [6, 6.07) is 10.7. The second-order valence-electron chi connectivity index (χ2n) is 16.3. The van der Waals surface area contributed by atoms with Gasteiger partial charge in [-0.3, -0.25) is 19.0 Å². The largest absolute Gasteiger partial charge is 0.495 e. The fourth-order valence-electron chi connectivity index (χ4n) is 9.36. The van der Waals surface area contributed by atoms with Gasteiger partial charge in [0.05, 0.1) is 42.2 Å². The van der Waals surface area contributed by atoms with Crippen LogP contribution in [-0.2, 0) is 37.0 Å². The van der Waals surface area contributed by atoms with Crippen LogP contribution in [0.1, 0.15) is 89.7 Å². The number of aromatic nitrogens is 2. The van der Waals surface area contributed by atoms with Crippen molar-refractivity contribution in [3.63, 3.8) is 0 Å². The lowest BCUT2D eigenvalue weighted by Gasteiger charge is -2.64. The van der Waals surface area contributed by atoms with Crippen molar-refractivity contribution >= 4 is 30.3 Å². The number of carbonyl (C=O) groups excluding carboxylic acids is 2. The third-order valence-corrected chi connectivity index (χ3v) is 12.5. The number of rotatable bonds is 11. The molecule has 3 heterocycles. The third kappa shape index (κ3) is 6.56. The molecule has 2 amide bonds. The van der Waals surface area contributed by atoms with E-state index in [-0.39, 0.29) is 48.3 Å². The molecule has 2 aliphatic heterocycles. The van der Waals surface area contributed by atoms with Gasteiger partial charge in [-0.1, -0.05) is 52.0 Å². The molecule has 0 radical (unpaired) electrons. The third-order valence-electron chi connectivity index (χ3n) is 12.5. The lowest BCUT2D eigenvalue weighted by atomic mass is 9.43. The highest BCUT2D eigenvalue weighted by atomic mass is 19.4. The Kier molecular flexibility index (Phi) is 9.65. The number of fused-ring (bicyclic) bond motifs is 1. The van der Waals surface area contributed by atoms with E-state index in [9.17, 15) is 27.6 Å². The number of hydrogen-bond acceptors (Lipinski definition) is 8. The molecule has 1 aromatic heterocycles. The molecule has 1 saturated heterocycles. The molecule has 15 heteroatoms. The van der Waals surface area contributed by atoms with E-state index in [1.807, 2.05) is 6.92 Å². The summed E-state index contributed by atoms with van der Waals surface area (Å²) in [7, 11) is 0.818. The second kappa shape index (κ2) is 13.7. The number of para-hydroxylation sites is 2. The quantitative estimate of drug-likeness (QED) is 0.196. The van der Waals surface area contributed by atoms with Gasteiger partial charge in [-0.2, -0.15) is 13.2 Å². The van der Waals surface area contributed by atoms with E-state index in [0.29, 0.717) is 35.3 Å². The van der Waals surface area contributed by atoms with Crippen LogP contribution in [0.4, 0.5) is 24.5 Å².